The maximum atomic E-state index is 11.8. The molecule has 0 fully saturated rings. The molecule has 0 saturated carbocycles. The highest BCUT2D eigenvalue weighted by molar-refractivity contribution is 7.90. The number of nitrogens with zero attached hydrogens (tertiary/aromatic N) is 1. The van der Waals surface area contributed by atoms with Gasteiger partial charge in [0.2, 0.25) is 0 Å². The molecule has 1 heterocycles. The highest BCUT2D eigenvalue weighted by atomic mass is 35.5. The fourth-order valence-electron chi connectivity index (χ4n) is 1.63. The second-order valence-electron chi connectivity index (χ2n) is 4.20. The third-order valence-electron chi connectivity index (χ3n) is 2.52. The predicted molar refractivity (Wildman–Crippen MR) is 78.7 cm³/mol. The molecule has 2 rings (SSSR count). The first kappa shape index (κ1) is 14.3. The molecule has 0 saturated heterocycles. The fraction of sp³-hybridized carbons (Fsp3) is 0.250. The van der Waals surface area contributed by atoms with Crippen LogP contribution >= 0.6 is 22.9 Å². The van der Waals surface area contributed by atoms with Crippen molar-refractivity contribution >= 4 is 38.5 Å². The molecule has 102 valence electrons. The lowest BCUT2D eigenvalue weighted by Gasteiger charge is -2.10. The number of sulfone groups is 1. The normalized spacial score (nSPS) is 11.5. The highest BCUT2D eigenvalue weighted by Crippen LogP contribution is 2.24. The van der Waals surface area contributed by atoms with Crippen molar-refractivity contribution in [1.29, 1.82) is 0 Å². The van der Waals surface area contributed by atoms with Crippen LogP contribution < -0.4 is 5.32 Å². The summed E-state index contributed by atoms with van der Waals surface area (Å²) in [5.74, 6) is 0. The van der Waals surface area contributed by atoms with E-state index in [2.05, 4.69) is 10.3 Å². The van der Waals surface area contributed by atoms with Gasteiger partial charge in [0.1, 0.15) is 0 Å². The minimum atomic E-state index is -3.26. The summed E-state index contributed by atoms with van der Waals surface area (Å²) in [6.07, 6.45) is 2.88. The molecule has 1 N–H and O–H groups in total. The van der Waals surface area contributed by atoms with Gasteiger partial charge in [-0.15, -0.1) is 11.3 Å². The Morgan fingerprint density at radius 1 is 1.42 bits per heavy atom. The molecule has 7 heteroatoms. The van der Waals surface area contributed by atoms with E-state index in [4.69, 9.17) is 11.6 Å². The molecule has 0 atom stereocenters. The van der Waals surface area contributed by atoms with Gasteiger partial charge in [0.15, 0.2) is 14.3 Å². The van der Waals surface area contributed by atoms with Crippen molar-refractivity contribution in [2.24, 2.45) is 0 Å². The number of halogens is 1. The van der Waals surface area contributed by atoms with Crippen LogP contribution in [0, 0.1) is 6.92 Å². The second-order valence-corrected chi connectivity index (χ2v) is 7.89. The molecule has 0 aliphatic heterocycles. The molecular formula is C12H13ClN2O2S2. The van der Waals surface area contributed by atoms with Gasteiger partial charge in [-0.25, -0.2) is 13.4 Å². The Morgan fingerprint density at radius 3 is 2.74 bits per heavy atom. The number of aromatic nitrogens is 1. The van der Waals surface area contributed by atoms with Crippen LogP contribution in [0.25, 0.3) is 0 Å². The Bertz CT molecular complexity index is 696. The zero-order valence-electron chi connectivity index (χ0n) is 10.5. The Balaban J connectivity index is 2.25. The molecule has 2 aromatic rings. The van der Waals surface area contributed by atoms with E-state index in [1.165, 1.54) is 17.6 Å². The van der Waals surface area contributed by atoms with E-state index in [9.17, 15) is 8.42 Å². The van der Waals surface area contributed by atoms with E-state index in [0.717, 1.165) is 10.4 Å². The molecule has 4 nitrogen and oxygen atoms in total. The van der Waals surface area contributed by atoms with Crippen molar-refractivity contribution < 1.29 is 8.42 Å². The number of hydrogen-bond acceptors (Lipinski definition) is 5. The summed E-state index contributed by atoms with van der Waals surface area (Å²) in [4.78, 5) is 5.20. The first-order valence-electron chi connectivity index (χ1n) is 5.51. The van der Waals surface area contributed by atoms with Crippen molar-refractivity contribution in [2.45, 2.75) is 18.4 Å². The van der Waals surface area contributed by atoms with E-state index >= 15 is 0 Å². The molecule has 1 aromatic carbocycles. The predicted octanol–water partition coefficient (Wildman–Crippen LogP) is 3.12. The van der Waals surface area contributed by atoms with Crippen molar-refractivity contribution in [3.8, 4) is 0 Å². The minimum absolute atomic E-state index is 0.308. The van der Waals surface area contributed by atoms with Gasteiger partial charge in [-0.1, -0.05) is 17.7 Å². The lowest BCUT2D eigenvalue weighted by atomic mass is 10.2. The third kappa shape index (κ3) is 3.68. The van der Waals surface area contributed by atoms with Crippen molar-refractivity contribution in [2.75, 3.05) is 11.6 Å². The zero-order chi connectivity index (χ0) is 14.0. The molecule has 0 aliphatic carbocycles. The summed E-state index contributed by atoms with van der Waals surface area (Å²) in [6, 6.07) is 5.31. The van der Waals surface area contributed by atoms with Crippen LogP contribution in [0.3, 0.4) is 0 Å². The minimum Gasteiger partial charge on any atom is -0.379 e. The third-order valence-corrected chi connectivity index (χ3v) is 4.77. The van der Waals surface area contributed by atoms with Crippen LogP contribution in [0.4, 0.5) is 5.69 Å². The number of nitrogens with one attached hydrogen (secondary N) is 1. The van der Waals surface area contributed by atoms with Crippen LogP contribution in [0.1, 0.15) is 10.4 Å². The second kappa shape index (κ2) is 5.48. The van der Waals surface area contributed by atoms with Gasteiger partial charge >= 0.3 is 0 Å². The summed E-state index contributed by atoms with van der Waals surface area (Å²) in [7, 11) is -3.26. The molecule has 0 bridgehead atoms. The SMILES string of the molecule is Cc1ccc(NCc2cnc(Cl)s2)c(S(C)(=O)=O)c1. The number of aryl methyl sites for hydroxylation is 1. The summed E-state index contributed by atoms with van der Waals surface area (Å²) in [5.41, 5.74) is 1.50. The Labute approximate surface area is 121 Å². The number of hydrogen-bond donors (Lipinski definition) is 1. The summed E-state index contributed by atoms with van der Waals surface area (Å²) in [6.45, 7) is 2.36. The number of benzene rings is 1. The quantitative estimate of drug-likeness (QED) is 0.941. The van der Waals surface area contributed by atoms with Gasteiger partial charge in [0.05, 0.1) is 17.1 Å². The summed E-state index contributed by atoms with van der Waals surface area (Å²) in [5, 5.41) is 3.11. The maximum Gasteiger partial charge on any atom is 0.183 e. The summed E-state index contributed by atoms with van der Waals surface area (Å²) < 4.78 is 24.0. The van der Waals surface area contributed by atoms with Crippen LogP contribution in [-0.4, -0.2) is 19.7 Å². The Kier molecular flexibility index (Phi) is 4.13. The van der Waals surface area contributed by atoms with Crippen LogP contribution in [0.5, 0.6) is 0 Å². The average molecular weight is 317 g/mol. The average Bonchev–Trinajstić information content (AvgIpc) is 2.72. The smallest absolute Gasteiger partial charge is 0.183 e. The fourth-order valence-corrected chi connectivity index (χ4v) is 3.49. The van der Waals surface area contributed by atoms with E-state index in [1.54, 1.807) is 18.3 Å². The van der Waals surface area contributed by atoms with E-state index in [-0.39, 0.29) is 0 Å². The van der Waals surface area contributed by atoms with Crippen molar-refractivity contribution in [1.82, 2.24) is 4.98 Å². The Morgan fingerprint density at radius 2 is 2.16 bits per heavy atom. The highest BCUT2D eigenvalue weighted by Gasteiger charge is 2.13. The molecule has 0 radical (unpaired) electrons. The lowest BCUT2D eigenvalue weighted by Crippen LogP contribution is -2.06. The van der Waals surface area contributed by atoms with Gasteiger partial charge in [0, 0.05) is 17.3 Å². The van der Waals surface area contributed by atoms with E-state index in [0.29, 0.717) is 21.6 Å². The monoisotopic (exact) mass is 316 g/mol. The van der Waals surface area contributed by atoms with Crippen LogP contribution in [0.15, 0.2) is 29.3 Å². The van der Waals surface area contributed by atoms with E-state index < -0.39 is 9.84 Å². The van der Waals surface area contributed by atoms with Crippen molar-refractivity contribution in [3.63, 3.8) is 0 Å². The van der Waals surface area contributed by atoms with Crippen LogP contribution in [0.2, 0.25) is 4.47 Å². The number of anilines is 1. The van der Waals surface area contributed by atoms with E-state index in [1.807, 2.05) is 13.0 Å². The molecule has 1 aromatic heterocycles. The summed E-state index contributed by atoms with van der Waals surface area (Å²) >= 11 is 7.12. The van der Waals surface area contributed by atoms with Gasteiger partial charge in [-0.2, -0.15) is 0 Å². The first-order chi connectivity index (χ1) is 8.86. The van der Waals surface area contributed by atoms with Gasteiger partial charge < -0.3 is 5.32 Å². The largest absolute Gasteiger partial charge is 0.379 e. The molecule has 0 spiro atoms. The standard InChI is InChI=1S/C12H13ClN2O2S2/c1-8-3-4-10(11(5-8)19(2,16)17)14-6-9-7-15-12(13)18-9/h3-5,7,14H,6H2,1-2H3. The zero-order valence-corrected chi connectivity index (χ0v) is 12.9. The number of thiazole rings is 1. The van der Waals surface area contributed by atoms with Gasteiger partial charge in [-0.05, 0) is 24.6 Å². The lowest BCUT2D eigenvalue weighted by molar-refractivity contribution is 0.602. The molecule has 0 unspecified atom stereocenters. The topological polar surface area (TPSA) is 59.1 Å². The number of rotatable bonds is 4. The van der Waals surface area contributed by atoms with Gasteiger partial charge in [0.25, 0.3) is 0 Å². The Hall–Kier alpha value is -1.11. The molecule has 0 aliphatic rings. The molecular weight excluding hydrogens is 304 g/mol. The van der Waals surface area contributed by atoms with Gasteiger partial charge in [-0.3, -0.25) is 0 Å². The van der Waals surface area contributed by atoms with Crippen LogP contribution in [-0.2, 0) is 16.4 Å². The molecule has 19 heavy (non-hydrogen) atoms. The first-order valence-corrected chi connectivity index (χ1v) is 8.59. The molecule has 0 amide bonds. The van der Waals surface area contributed by atoms with Crippen molar-refractivity contribution in [3.05, 3.63) is 39.3 Å². The maximum absolute atomic E-state index is 11.8.